The van der Waals surface area contributed by atoms with Crippen molar-refractivity contribution in [1.82, 2.24) is 16.2 Å². The van der Waals surface area contributed by atoms with E-state index < -0.39 is 17.7 Å². The Morgan fingerprint density at radius 1 is 1.00 bits per heavy atom. The second-order valence-corrected chi connectivity index (χ2v) is 3.89. The molecular weight excluding hydrogens is 278 g/mol. The number of carbonyl (C=O) groups is 3. The first kappa shape index (κ1) is 16.4. The number of methoxy groups -OCH3 is 2. The molecule has 0 aliphatic carbocycles. The Bertz CT molecular complexity index is 501. The molecular formula is C13H17N3O5. The van der Waals surface area contributed by atoms with E-state index in [1.165, 1.54) is 26.4 Å². The van der Waals surface area contributed by atoms with Gasteiger partial charge in [0.1, 0.15) is 5.75 Å². The van der Waals surface area contributed by atoms with Crippen molar-refractivity contribution in [2.45, 2.75) is 0 Å². The molecule has 0 unspecified atom stereocenters. The minimum Gasteiger partial charge on any atom is -0.497 e. The molecule has 0 fully saturated rings. The van der Waals surface area contributed by atoms with E-state index in [1.54, 1.807) is 12.1 Å². The molecule has 0 aromatic heterocycles. The third-order valence-electron chi connectivity index (χ3n) is 2.44. The third-order valence-corrected chi connectivity index (χ3v) is 2.44. The van der Waals surface area contributed by atoms with Gasteiger partial charge in [-0.3, -0.25) is 25.2 Å². The second kappa shape index (κ2) is 8.54. The van der Waals surface area contributed by atoms with E-state index in [2.05, 4.69) is 10.7 Å². The van der Waals surface area contributed by atoms with Gasteiger partial charge in [-0.1, -0.05) is 0 Å². The average Bonchev–Trinajstić information content (AvgIpc) is 2.52. The Morgan fingerprint density at radius 2 is 1.67 bits per heavy atom. The van der Waals surface area contributed by atoms with Gasteiger partial charge in [-0.15, -0.1) is 0 Å². The van der Waals surface area contributed by atoms with Crippen LogP contribution >= 0.6 is 0 Å². The number of hydrogen-bond acceptors (Lipinski definition) is 5. The summed E-state index contributed by atoms with van der Waals surface area (Å²) in [4.78, 5) is 34.4. The molecule has 114 valence electrons. The standard InChI is InChI=1S/C13H17N3O5/c1-20-8-7-14-12(18)13(19)16-15-11(17)9-3-5-10(21-2)6-4-9/h3-6H,7-8H2,1-2H3,(H,14,18)(H,15,17)(H,16,19). The van der Waals surface area contributed by atoms with Gasteiger partial charge in [0.05, 0.1) is 13.7 Å². The van der Waals surface area contributed by atoms with Crippen LogP contribution in [0.3, 0.4) is 0 Å². The number of ether oxygens (including phenoxy) is 2. The number of nitrogens with one attached hydrogen (secondary N) is 3. The summed E-state index contributed by atoms with van der Waals surface area (Å²) in [6.07, 6.45) is 0. The number of hydrogen-bond donors (Lipinski definition) is 3. The van der Waals surface area contributed by atoms with Crippen molar-refractivity contribution < 1.29 is 23.9 Å². The summed E-state index contributed by atoms with van der Waals surface area (Å²) in [6.45, 7) is 0.492. The Hall–Kier alpha value is -2.61. The fraction of sp³-hybridized carbons (Fsp3) is 0.308. The maximum Gasteiger partial charge on any atom is 0.327 e. The molecule has 0 saturated heterocycles. The normalized spacial score (nSPS) is 9.62. The van der Waals surface area contributed by atoms with E-state index in [-0.39, 0.29) is 13.2 Å². The number of amides is 3. The fourth-order valence-corrected chi connectivity index (χ4v) is 1.33. The van der Waals surface area contributed by atoms with Gasteiger partial charge < -0.3 is 14.8 Å². The molecule has 3 N–H and O–H groups in total. The van der Waals surface area contributed by atoms with Crippen LogP contribution in [0.15, 0.2) is 24.3 Å². The lowest BCUT2D eigenvalue weighted by molar-refractivity contribution is -0.139. The highest BCUT2D eigenvalue weighted by Gasteiger charge is 2.14. The third kappa shape index (κ3) is 5.49. The number of rotatable bonds is 5. The Balaban J connectivity index is 2.40. The van der Waals surface area contributed by atoms with E-state index in [1.807, 2.05) is 5.43 Å². The van der Waals surface area contributed by atoms with Crippen LogP contribution in [0.2, 0.25) is 0 Å². The zero-order chi connectivity index (χ0) is 15.7. The second-order valence-electron chi connectivity index (χ2n) is 3.89. The van der Waals surface area contributed by atoms with Crippen molar-refractivity contribution in [3.05, 3.63) is 29.8 Å². The summed E-state index contributed by atoms with van der Waals surface area (Å²) in [6, 6.07) is 6.26. The van der Waals surface area contributed by atoms with Crippen molar-refractivity contribution in [2.24, 2.45) is 0 Å². The molecule has 0 bridgehead atoms. The van der Waals surface area contributed by atoms with Crippen LogP contribution in [-0.2, 0) is 14.3 Å². The Morgan fingerprint density at radius 3 is 2.24 bits per heavy atom. The quantitative estimate of drug-likeness (QED) is 0.375. The topological polar surface area (TPSA) is 106 Å². The molecule has 0 heterocycles. The van der Waals surface area contributed by atoms with Crippen molar-refractivity contribution in [2.75, 3.05) is 27.4 Å². The predicted octanol–water partition coefficient (Wildman–Crippen LogP) is -0.781. The predicted molar refractivity (Wildman–Crippen MR) is 73.5 cm³/mol. The monoisotopic (exact) mass is 295 g/mol. The summed E-state index contributed by atoms with van der Waals surface area (Å²) < 4.78 is 9.68. The van der Waals surface area contributed by atoms with E-state index in [4.69, 9.17) is 9.47 Å². The molecule has 1 aromatic carbocycles. The molecule has 0 aliphatic rings. The summed E-state index contributed by atoms with van der Waals surface area (Å²) >= 11 is 0. The smallest absolute Gasteiger partial charge is 0.327 e. The highest BCUT2D eigenvalue weighted by Crippen LogP contribution is 2.10. The van der Waals surface area contributed by atoms with E-state index in [0.29, 0.717) is 11.3 Å². The summed E-state index contributed by atoms with van der Waals surface area (Å²) in [7, 11) is 2.98. The molecule has 0 spiro atoms. The molecule has 0 atom stereocenters. The Labute approximate surface area is 121 Å². The molecule has 0 radical (unpaired) electrons. The molecule has 1 rings (SSSR count). The summed E-state index contributed by atoms with van der Waals surface area (Å²) in [5.74, 6) is -1.76. The first-order valence-corrected chi connectivity index (χ1v) is 6.10. The molecule has 0 aliphatic heterocycles. The first-order chi connectivity index (χ1) is 10.1. The van der Waals surface area contributed by atoms with E-state index in [0.717, 1.165) is 0 Å². The largest absolute Gasteiger partial charge is 0.497 e. The van der Waals surface area contributed by atoms with Crippen LogP contribution in [0.25, 0.3) is 0 Å². The fourth-order valence-electron chi connectivity index (χ4n) is 1.33. The zero-order valence-corrected chi connectivity index (χ0v) is 11.8. The average molecular weight is 295 g/mol. The first-order valence-electron chi connectivity index (χ1n) is 6.10. The lowest BCUT2D eigenvalue weighted by atomic mass is 10.2. The van der Waals surface area contributed by atoms with Gasteiger partial charge in [0.25, 0.3) is 5.91 Å². The van der Waals surface area contributed by atoms with Crippen LogP contribution in [0.4, 0.5) is 0 Å². The number of benzene rings is 1. The van der Waals surface area contributed by atoms with Gasteiger partial charge in [0, 0.05) is 19.2 Å². The lowest BCUT2D eigenvalue weighted by Gasteiger charge is -2.08. The molecule has 8 heteroatoms. The van der Waals surface area contributed by atoms with E-state index >= 15 is 0 Å². The van der Waals surface area contributed by atoms with Gasteiger partial charge in [-0.2, -0.15) is 0 Å². The van der Waals surface area contributed by atoms with Crippen molar-refractivity contribution >= 4 is 17.7 Å². The SMILES string of the molecule is COCCNC(=O)C(=O)NNC(=O)c1ccc(OC)cc1. The maximum atomic E-state index is 11.7. The van der Waals surface area contributed by atoms with Crippen molar-refractivity contribution in [3.63, 3.8) is 0 Å². The van der Waals surface area contributed by atoms with E-state index in [9.17, 15) is 14.4 Å². The lowest BCUT2D eigenvalue weighted by Crippen LogP contribution is -2.49. The van der Waals surface area contributed by atoms with Crippen LogP contribution < -0.4 is 20.9 Å². The molecule has 8 nitrogen and oxygen atoms in total. The summed E-state index contributed by atoms with van der Waals surface area (Å²) in [5, 5.41) is 2.32. The van der Waals surface area contributed by atoms with Crippen molar-refractivity contribution in [3.8, 4) is 5.75 Å². The number of carbonyl (C=O) groups excluding carboxylic acids is 3. The Kier molecular flexibility index (Phi) is 6.69. The molecule has 1 aromatic rings. The van der Waals surface area contributed by atoms with Gasteiger partial charge in [-0.05, 0) is 24.3 Å². The van der Waals surface area contributed by atoms with Gasteiger partial charge in [-0.25, -0.2) is 0 Å². The molecule has 0 saturated carbocycles. The number of hydrazine groups is 1. The zero-order valence-electron chi connectivity index (χ0n) is 11.8. The van der Waals surface area contributed by atoms with Crippen LogP contribution in [-0.4, -0.2) is 45.1 Å². The minimum atomic E-state index is -0.965. The summed E-state index contributed by atoms with van der Waals surface area (Å²) in [5.41, 5.74) is 4.47. The van der Waals surface area contributed by atoms with Gasteiger partial charge >= 0.3 is 11.8 Å². The van der Waals surface area contributed by atoms with Crippen LogP contribution in [0.1, 0.15) is 10.4 Å². The van der Waals surface area contributed by atoms with Crippen LogP contribution in [0, 0.1) is 0 Å². The highest BCUT2D eigenvalue weighted by atomic mass is 16.5. The van der Waals surface area contributed by atoms with Gasteiger partial charge in [0.15, 0.2) is 0 Å². The van der Waals surface area contributed by atoms with Crippen LogP contribution in [0.5, 0.6) is 5.75 Å². The molecule has 3 amide bonds. The van der Waals surface area contributed by atoms with Crippen molar-refractivity contribution in [1.29, 1.82) is 0 Å². The highest BCUT2D eigenvalue weighted by molar-refractivity contribution is 6.35. The maximum absolute atomic E-state index is 11.7. The molecule has 21 heavy (non-hydrogen) atoms. The van der Waals surface area contributed by atoms with Gasteiger partial charge in [0.2, 0.25) is 0 Å². The minimum absolute atomic E-state index is 0.204.